The van der Waals surface area contributed by atoms with Crippen LogP contribution in [-0.2, 0) is 0 Å². The van der Waals surface area contributed by atoms with E-state index in [2.05, 4.69) is 44.0 Å². The molecule has 0 rings (SSSR count). The maximum Gasteiger partial charge on any atom is 2.00 e. The van der Waals surface area contributed by atoms with Crippen LogP contribution in [0.2, 0.25) is 32.7 Å². The predicted octanol–water partition coefficient (Wildman–Crippen LogP) is 2.54. The summed E-state index contributed by atoms with van der Waals surface area (Å²) in [7, 11) is -0.503. The van der Waals surface area contributed by atoms with E-state index in [0.717, 1.165) is 0 Å². The van der Waals surface area contributed by atoms with Crippen molar-refractivity contribution < 1.29 is 2.85 Å². The van der Waals surface area contributed by atoms with E-state index in [-0.39, 0.29) is 25.9 Å². The van der Waals surface area contributed by atoms with Crippen molar-refractivity contribution in [1.82, 2.24) is 4.23 Å². The first kappa shape index (κ1) is 14.9. The van der Waals surface area contributed by atoms with E-state index in [1.54, 1.807) is 0 Å². The third-order valence-electron chi connectivity index (χ3n) is 1.80. The Bertz CT molecular complexity index is 113. The van der Waals surface area contributed by atoms with Gasteiger partial charge in [-0.05, 0) is 20.1 Å². The van der Waals surface area contributed by atoms with Gasteiger partial charge in [-0.3, -0.25) is 0 Å². The summed E-state index contributed by atoms with van der Waals surface area (Å²) in [6.45, 7) is 11.3. The van der Waals surface area contributed by atoms with Crippen molar-refractivity contribution in [1.29, 1.82) is 0 Å². The molecule has 0 aromatic heterocycles. The Morgan fingerprint density at radius 1 is 1.09 bits per heavy atom. The van der Waals surface area contributed by atoms with E-state index in [1.165, 1.54) is 0 Å². The third-order valence-corrected chi connectivity index (χ3v) is 10.3. The first-order valence-electron chi connectivity index (χ1n) is 3.58. The van der Waals surface area contributed by atoms with Crippen LogP contribution < -0.4 is 0 Å². The molecular formula is C6H20ClMgNSi2. The molecule has 0 aromatic rings. The van der Waals surface area contributed by atoms with Gasteiger partial charge in [0, 0.05) is 0 Å². The first-order valence-corrected chi connectivity index (χ1v) is 11.0. The van der Waals surface area contributed by atoms with Crippen LogP contribution in [0.3, 0.4) is 0 Å². The Morgan fingerprint density at radius 3 is 1.36 bits per heavy atom. The Hall–Kier alpha value is 1.45. The van der Waals surface area contributed by atoms with Gasteiger partial charge in [0.25, 0.3) is 0 Å². The zero-order chi connectivity index (χ0) is 8.58. The van der Waals surface area contributed by atoms with Gasteiger partial charge in [-0.2, -0.15) is 0 Å². The average Bonchev–Trinajstić information content (AvgIpc) is 1.59. The molecule has 5 heteroatoms. The molecule has 11 heavy (non-hydrogen) atoms. The van der Waals surface area contributed by atoms with Crippen LogP contribution >= 0.6 is 11.1 Å². The van der Waals surface area contributed by atoms with Gasteiger partial charge in [-0.1, -0.05) is 19.6 Å². The second-order valence-electron chi connectivity index (χ2n) is 4.14. The summed E-state index contributed by atoms with van der Waals surface area (Å²) in [5, 5.41) is 0. The van der Waals surface area contributed by atoms with Gasteiger partial charge >= 0.3 is 23.1 Å². The second kappa shape index (κ2) is 4.62. The number of halogens is 1. The van der Waals surface area contributed by atoms with Crippen molar-refractivity contribution in [2.75, 3.05) is 7.05 Å². The minimum atomic E-state index is -1.53. The maximum absolute atomic E-state index is 6.27. The van der Waals surface area contributed by atoms with Crippen LogP contribution in [0.25, 0.3) is 0 Å². The quantitative estimate of drug-likeness (QED) is 0.512. The molecule has 0 atom stereocenters. The molecule has 0 aliphatic heterocycles. The molecule has 0 saturated carbocycles. The van der Waals surface area contributed by atoms with E-state index in [1.807, 2.05) is 0 Å². The molecule has 0 radical (unpaired) electrons. The van der Waals surface area contributed by atoms with Crippen molar-refractivity contribution >= 4 is 49.9 Å². The van der Waals surface area contributed by atoms with Gasteiger partial charge in [-0.15, -0.1) is 11.1 Å². The summed E-state index contributed by atoms with van der Waals surface area (Å²) in [5.41, 5.74) is 0. The zero-order valence-electron chi connectivity index (χ0n) is 10.5. The van der Waals surface area contributed by atoms with Crippen molar-refractivity contribution in [3.05, 3.63) is 0 Å². The molecule has 0 aliphatic carbocycles. The van der Waals surface area contributed by atoms with Crippen LogP contribution in [0.15, 0.2) is 0 Å². The molecule has 0 spiro atoms. The molecule has 0 aromatic carbocycles. The Balaban J connectivity index is -0.000000135. The van der Waals surface area contributed by atoms with Crippen LogP contribution in [0, 0.1) is 0 Å². The summed E-state index contributed by atoms with van der Waals surface area (Å²) in [6.07, 6.45) is 0. The number of hydrogen-bond acceptors (Lipinski definition) is 1. The first-order chi connectivity index (χ1) is 4.15. The molecule has 0 heterocycles. The van der Waals surface area contributed by atoms with Crippen molar-refractivity contribution in [3.63, 3.8) is 0 Å². The fourth-order valence-electron chi connectivity index (χ4n) is 0.798. The average molecular weight is 222 g/mol. The largest absolute Gasteiger partial charge is 2.00 e. The van der Waals surface area contributed by atoms with Gasteiger partial charge < -0.3 is 7.08 Å². The molecule has 0 bridgehead atoms. The summed E-state index contributed by atoms with van der Waals surface area (Å²) < 4.78 is 2.42. The Morgan fingerprint density at radius 2 is 1.36 bits per heavy atom. The smallest absolute Gasteiger partial charge is 1.00 e. The Labute approximate surface area is 96.5 Å². The SMILES string of the molecule is CN([Si](C)(C)C)[Si](C)(C)Cl.[H-].[H-].[Mg+2]. The molecule has 0 saturated heterocycles. The van der Waals surface area contributed by atoms with Gasteiger partial charge in [0.1, 0.15) is 8.24 Å². The van der Waals surface area contributed by atoms with Crippen LogP contribution in [0.5, 0.6) is 0 Å². The molecule has 0 amide bonds. The minimum Gasteiger partial charge on any atom is -1.00 e. The van der Waals surface area contributed by atoms with Crippen molar-refractivity contribution in [3.8, 4) is 0 Å². The van der Waals surface area contributed by atoms with E-state index in [0.29, 0.717) is 0 Å². The molecule has 0 fully saturated rings. The van der Waals surface area contributed by atoms with E-state index >= 15 is 0 Å². The predicted molar refractivity (Wildman–Crippen MR) is 62.4 cm³/mol. The molecule has 0 unspecified atom stereocenters. The summed E-state index contributed by atoms with van der Waals surface area (Å²) in [4.78, 5) is 0. The molecule has 0 aliphatic rings. The van der Waals surface area contributed by atoms with Crippen molar-refractivity contribution in [2.24, 2.45) is 0 Å². The zero-order valence-corrected chi connectivity index (χ0v) is 12.7. The normalized spacial score (nSPS) is 13.1. The van der Waals surface area contributed by atoms with Crippen molar-refractivity contribution in [2.45, 2.75) is 32.7 Å². The summed E-state index contributed by atoms with van der Waals surface area (Å²) in [5.74, 6) is 0. The molecule has 0 N–H and O–H groups in total. The summed E-state index contributed by atoms with van der Waals surface area (Å²) >= 11 is 6.27. The topological polar surface area (TPSA) is 3.24 Å². The third kappa shape index (κ3) is 5.65. The Kier molecular flexibility index (Phi) is 6.28. The number of rotatable bonds is 2. The van der Waals surface area contributed by atoms with E-state index in [9.17, 15) is 0 Å². The van der Waals surface area contributed by atoms with E-state index in [4.69, 9.17) is 11.1 Å². The van der Waals surface area contributed by atoms with Gasteiger partial charge in [-0.25, -0.2) is 0 Å². The van der Waals surface area contributed by atoms with E-state index < -0.39 is 15.8 Å². The molecule has 1 nitrogen and oxygen atoms in total. The number of hydrogen-bond donors (Lipinski definition) is 0. The summed E-state index contributed by atoms with van der Waals surface area (Å²) in [6, 6.07) is 0. The van der Waals surface area contributed by atoms with Crippen LogP contribution in [-0.4, -0.2) is 50.1 Å². The van der Waals surface area contributed by atoms with Crippen LogP contribution in [0.1, 0.15) is 2.85 Å². The second-order valence-corrected chi connectivity index (χ2v) is 15.9. The standard InChI is InChI=1S/C6H18ClNSi2.Mg.2H/c1-8(9(2,3)4)10(5,6)7;;;/h1-6H3;;;/q;+2;2*-1. The van der Waals surface area contributed by atoms with Crippen LogP contribution in [0.4, 0.5) is 0 Å². The fraction of sp³-hybridized carbons (Fsp3) is 1.00. The fourth-order valence-corrected chi connectivity index (χ4v) is 9.46. The molecular weight excluding hydrogens is 202 g/mol. The minimum absolute atomic E-state index is 0. The number of nitrogens with zero attached hydrogens (tertiary/aromatic N) is 1. The molecule has 66 valence electrons. The van der Waals surface area contributed by atoms with Gasteiger partial charge in [0.05, 0.1) is 0 Å². The van der Waals surface area contributed by atoms with Gasteiger partial charge in [0.15, 0.2) is 0 Å². The van der Waals surface area contributed by atoms with Gasteiger partial charge in [0.2, 0.25) is 7.55 Å². The maximum atomic E-state index is 6.27. The monoisotopic (exact) mass is 221 g/mol.